The monoisotopic (exact) mass is 305 g/mol. The number of rotatable bonds is 5. The third-order valence-corrected chi connectivity index (χ3v) is 3.00. The predicted octanol–water partition coefficient (Wildman–Crippen LogP) is 0.264. The lowest BCUT2D eigenvalue weighted by Gasteiger charge is -2.21. The van der Waals surface area contributed by atoms with Crippen molar-refractivity contribution in [3.63, 3.8) is 0 Å². The first-order valence-corrected chi connectivity index (χ1v) is 6.32. The van der Waals surface area contributed by atoms with Gasteiger partial charge in [-0.1, -0.05) is 0 Å². The van der Waals surface area contributed by atoms with Crippen molar-refractivity contribution >= 4 is 11.9 Å². The number of aromatic nitrogens is 4. The van der Waals surface area contributed by atoms with Crippen molar-refractivity contribution in [3.05, 3.63) is 30.1 Å². The van der Waals surface area contributed by atoms with E-state index in [1.165, 1.54) is 44.1 Å². The number of carbonyl (C=O) groups is 2. The second-order valence-corrected chi connectivity index (χ2v) is 5.03. The second kappa shape index (κ2) is 5.80. The Morgan fingerprint density at radius 3 is 2.64 bits per heavy atom. The minimum atomic E-state index is -1.38. The Balaban J connectivity index is 2.35. The van der Waals surface area contributed by atoms with E-state index in [2.05, 4.69) is 20.8 Å². The number of nitrogens with zero attached hydrogens (tertiary/aromatic N) is 4. The van der Waals surface area contributed by atoms with Crippen LogP contribution >= 0.6 is 0 Å². The molecular formula is C13H15N5O4. The first-order chi connectivity index (χ1) is 10.3. The van der Waals surface area contributed by atoms with Gasteiger partial charge in [-0.2, -0.15) is 4.68 Å². The lowest BCUT2D eigenvalue weighted by Crippen LogP contribution is -2.49. The summed E-state index contributed by atoms with van der Waals surface area (Å²) in [5, 5.41) is 22.3. The summed E-state index contributed by atoms with van der Waals surface area (Å²) in [5.41, 5.74) is -0.652. The molecular weight excluding hydrogens is 290 g/mol. The molecule has 9 nitrogen and oxygen atoms in total. The van der Waals surface area contributed by atoms with Gasteiger partial charge in [0.25, 0.3) is 5.91 Å². The molecule has 2 aromatic rings. The van der Waals surface area contributed by atoms with Gasteiger partial charge in [0, 0.05) is 5.56 Å². The molecule has 0 saturated carbocycles. The van der Waals surface area contributed by atoms with Crippen LogP contribution in [0.5, 0.6) is 5.75 Å². The van der Waals surface area contributed by atoms with Gasteiger partial charge in [0.1, 0.15) is 23.3 Å². The number of amides is 1. The Labute approximate surface area is 125 Å². The maximum Gasteiger partial charge on any atom is 0.328 e. The molecule has 9 heteroatoms. The SMILES string of the molecule is COc1ccc(C(=O)NC(C)(C)C(=O)O)cc1-n1cnnn1. The molecule has 0 saturated heterocycles. The number of carbonyl (C=O) groups excluding carboxylic acids is 1. The van der Waals surface area contributed by atoms with E-state index in [-0.39, 0.29) is 5.56 Å². The zero-order valence-corrected chi connectivity index (χ0v) is 12.3. The van der Waals surface area contributed by atoms with E-state index >= 15 is 0 Å². The van der Waals surface area contributed by atoms with Crippen molar-refractivity contribution in [1.82, 2.24) is 25.5 Å². The summed E-state index contributed by atoms with van der Waals surface area (Å²) in [7, 11) is 1.48. The van der Waals surface area contributed by atoms with Crippen molar-refractivity contribution in [3.8, 4) is 11.4 Å². The second-order valence-electron chi connectivity index (χ2n) is 5.03. The molecule has 116 valence electrons. The molecule has 2 N–H and O–H groups in total. The fourth-order valence-electron chi connectivity index (χ4n) is 1.69. The van der Waals surface area contributed by atoms with Crippen molar-refractivity contribution in [2.45, 2.75) is 19.4 Å². The molecule has 1 heterocycles. The number of ether oxygens (including phenoxy) is 1. The summed E-state index contributed by atoms with van der Waals surface area (Å²) in [6, 6.07) is 4.63. The molecule has 1 aromatic carbocycles. The number of methoxy groups -OCH3 is 1. The topological polar surface area (TPSA) is 119 Å². The van der Waals surface area contributed by atoms with Crippen molar-refractivity contribution in [2.24, 2.45) is 0 Å². The minimum absolute atomic E-state index is 0.264. The standard InChI is InChI=1S/C13H15N5O4/c1-13(2,12(20)21)15-11(19)8-4-5-10(22-3)9(6-8)18-7-14-16-17-18/h4-7H,1-3H3,(H,15,19)(H,20,21). The number of aliphatic carboxylic acids is 1. The maximum absolute atomic E-state index is 12.2. The average molecular weight is 305 g/mol. The normalized spacial score (nSPS) is 11.0. The Morgan fingerprint density at radius 1 is 1.36 bits per heavy atom. The van der Waals surface area contributed by atoms with Crippen molar-refractivity contribution in [1.29, 1.82) is 0 Å². The van der Waals surface area contributed by atoms with Crippen LogP contribution in [0.15, 0.2) is 24.5 Å². The van der Waals surface area contributed by atoms with Gasteiger partial charge in [-0.25, -0.2) is 4.79 Å². The van der Waals surface area contributed by atoms with E-state index in [0.29, 0.717) is 11.4 Å². The fraction of sp³-hybridized carbons (Fsp3) is 0.308. The van der Waals surface area contributed by atoms with E-state index in [0.717, 1.165) is 0 Å². The van der Waals surface area contributed by atoms with E-state index in [4.69, 9.17) is 9.84 Å². The van der Waals surface area contributed by atoms with Crippen LogP contribution in [-0.4, -0.2) is 49.8 Å². The van der Waals surface area contributed by atoms with Gasteiger partial charge in [-0.05, 0) is 42.5 Å². The Morgan fingerprint density at radius 2 is 2.09 bits per heavy atom. The smallest absolute Gasteiger partial charge is 0.328 e. The molecule has 1 aromatic heterocycles. The van der Waals surface area contributed by atoms with Crippen LogP contribution in [0.4, 0.5) is 0 Å². The molecule has 0 aliphatic rings. The van der Waals surface area contributed by atoms with E-state index in [1.54, 1.807) is 6.07 Å². The van der Waals surface area contributed by atoms with E-state index < -0.39 is 17.4 Å². The molecule has 1 amide bonds. The van der Waals surface area contributed by atoms with Crippen LogP contribution in [0.1, 0.15) is 24.2 Å². The highest BCUT2D eigenvalue weighted by molar-refractivity contribution is 5.98. The van der Waals surface area contributed by atoms with Crippen LogP contribution in [0.2, 0.25) is 0 Å². The van der Waals surface area contributed by atoms with Gasteiger partial charge in [0.2, 0.25) is 0 Å². The molecule has 2 rings (SSSR count). The molecule has 22 heavy (non-hydrogen) atoms. The molecule has 0 atom stereocenters. The van der Waals surface area contributed by atoms with Crippen LogP contribution < -0.4 is 10.1 Å². The first-order valence-electron chi connectivity index (χ1n) is 6.32. The van der Waals surface area contributed by atoms with Crippen molar-refractivity contribution in [2.75, 3.05) is 7.11 Å². The highest BCUT2D eigenvalue weighted by Gasteiger charge is 2.29. The third-order valence-electron chi connectivity index (χ3n) is 3.00. The average Bonchev–Trinajstić information content (AvgIpc) is 3.00. The van der Waals surface area contributed by atoms with E-state index in [9.17, 15) is 9.59 Å². The van der Waals surface area contributed by atoms with Gasteiger partial charge in [0.05, 0.1) is 7.11 Å². The summed E-state index contributed by atoms with van der Waals surface area (Å²) >= 11 is 0. The molecule has 0 radical (unpaired) electrons. The quantitative estimate of drug-likeness (QED) is 0.813. The Kier molecular flexibility index (Phi) is 4.06. The molecule has 0 unspecified atom stereocenters. The highest BCUT2D eigenvalue weighted by atomic mass is 16.5. The Hall–Kier alpha value is -2.97. The summed E-state index contributed by atoms with van der Waals surface area (Å²) < 4.78 is 6.55. The van der Waals surface area contributed by atoms with E-state index in [1.807, 2.05) is 0 Å². The van der Waals surface area contributed by atoms with Gasteiger partial charge >= 0.3 is 5.97 Å². The van der Waals surface area contributed by atoms with Gasteiger partial charge in [-0.15, -0.1) is 5.10 Å². The maximum atomic E-state index is 12.2. The van der Waals surface area contributed by atoms with Crippen LogP contribution in [-0.2, 0) is 4.79 Å². The molecule has 0 fully saturated rings. The summed E-state index contributed by atoms with van der Waals surface area (Å²) in [4.78, 5) is 23.3. The molecule has 0 aliphatic heterocycles. The van der Waals surface area contributed by atoms with Gasteiger partial charge in [-0.3, -0.25) is 4.79 Å². The first kappa shape index (κ1) is 15.4. The zero-order chi connectivity index (χ0) is 16.3. The predicted molar refractivity (Wildman–Crippen MR) is 74.9 cm³/mol. The molecule has 0 aliphatic carbocycles. The summed E-state index contributed by atoms with van der Waals surface area (Å²) in [6.07, 6.45) is 1.36. The summed E-state index contributed by atoms with van der Waals surface area (Å²) in [6.45, 7) is 2.80. The largest absolute Gasteiger partial charge is 0.494 e. The fourth-order valence-corrected chi connectivity index (χ4v) is 1.69. The number of hydrogen-bond acceptors (Lipinski definition) is 6. The van der Waals surface area contributed by atoms with Crippen LogP contribution in [0.25, 0.3) is 5.69 Å². The molecule has 0 bridgehead atoms. The third kappa shape index (κ3) is 3.03. The number of benzene rings is 1. The summed E-state index contributed by atoms with van der Waals surface area (Å²) in [5.74, 6) is -1.18. The highest BCUT2D eigenvalue weighted by Crippen LogP contribution is 2.23. The van der Waals surface area contributed by atoms with Gasteiger partial charge in [0.15, 0.2) is 0 Å². The van der Waals surface area contributed by atoms with Crippen LogP contribution in [0.3, 0.4) is 0 Å². The lowest BCUT2D eigenvalue weighted by molar-refractivity contribution is -0.143. The number of nitrogens with one attached hydrogen (secondary N) is 1. The number of carboxylic acids is 1. The van der Waals surface area contributed by atoms with Crippen molar-refractivity contribution < 1.29 is 19.4 Å². The number of carboxylic acid groups (broad SMARTS) is 1. The lowest BCUT2D eigenvalue weighted by atomic mass is 10.0. The van der Waals surface area contributed by atoms with Gasteiger partial charge < -0.3 is 15.2 Å². The zero-order valence-electron chi connectivity index (χ0n) is 12.3. The Bertz CT molecular complexity index is 696. The number of hydrogen-bond donors (Lipinski definition) is 2. The molecule has 0 spiro atoms. The van der Waals surface area contributed by atoms with Crippen LogP contribution in [0, 0.1) is 0 Å². The number of tetrazole rings is 1. The minimum Gasteiger partial charge on any atom is -0.494 e.